The molecule has 1 aliphatic heterocycles. The summed E-state index contributed by atoms with van der Waals surface area (Å²) in [5, 5.41) is 2.83. The number of benzene rings is 1. The Kier molecular flexibility index (Phi) is 3.10. The lowest BCUT2D eigenvalue weighted by atomic mass is 10.2. The highest BCUT2D eigenvalue weighted by molar-refractivity contribution is 5.94. The van der Waals surface area contributed by atoms with Crippen LogP contribution in [-0.4, -0.2) is 25.7 Å². The lowest BCUT2D eigenvalue weighted by Gasteiger charge is -2.20. The Morgan fingerprint density at radius 1 is 1.56 bits per heavy atom. The number of nitrogens with zero attached hydrogens (tertiary/aromatic N) is 1. The highest BCUT2D eigenvalue weighted by Gasteiger charge is 2.28. The second kappa shape index (κ2) is 4.53. The Hall–Kier alpha value is -1.55. The second-order valence-corrected chi connectivity index (χ2v) is 4.01. The number of anilines is 1. The van der Waals surface area contributed by atoms with Crippen LogP contribution in [0.15, 0.2) is 24.3 Å². The Morgan fingerprint density at radius 2 is 2.38 bits per heavy atom. The molecule has 1 aromatic carbocycles. The van der Waals surface area contributed by atoms with E-state index in [2.05, 4.69) is 5.32 Å². The van der Waals surface area contributed by atoms with Crippen LogP contribution in [-0.2, 0) is 11.3 Å². The van der Waals surface area contributed by atoms with E-state index < -0.39 is 0 Å². The van der Waals surface area contributed by atoms with Crippen molar-refractivity contribution in [1.29, 1.82) is 0 Å². The summed E-state index contributed by atoms with van der Waals surface area (Å²) in [7, 11) is 1.66. The molecule has 1 aliphatic rings. The third-order valence-electron chi connectivity index (χ3n) is 2.71. The van der Waals surface area contributed by atoms with Gasteiger partial charge in [0.1, 0.15) is 0 Å². The quantitative estimate of drug-likeness (QED) is 0.843. The Labute approximate surface area is 95.2 Å². The van der Waals surface area contributed by atoms with Crippen LogP contribution in [0.2, 0.25) is 0 Å². The molecule has 0 aromatic heterocycles. The summed E-state index contributed by atoms with van der Waals surface area (Å²) in [6.45, 7) is 3.30. The Balaban J connectivity index is 2.25. The van der Waals surface area contributed by atoms with Crippen molar-refractivity contribution in [1.82, 2.24) is 5.32 Å². The zero-order valence-electron chi connectivity index (χ0n) is 9.56. The summed E-state index contributed by atoms with van der Waals surface area (Å²) in [6, 6.07) is 8.05. The van der Waals surface area contributed by atoms with Gasteiger partial charge in [-0.3, -0.25) is 4.90 Å². The van der Waals surface area contributed by atoms with E-state index >= 15 is 0 Å². The van der Waals surface area contributed by atoms with Crippen LogP contribution in [0.25, 0.3) is 0 Å². The van der Waals surface area contributed by atoms with E-state index in [9.17, 15) is 4.79 Å². The number of carbonyl (C=O) groups is 1. The van der Waals surface area contributed by atoms with Gasteiger partial charge in [-0.2, -0.15) is 0 Å². The van der Waals surface area contributed by atoms with Crippen molar-refractivity contribution < 1.29 is 9.53 Å². The molecule has 0 unspecified atom stereocenters. The summed E-state index contributed by atoms with van der Waals surface area (Å²) in [5.74, 6) is 0. The molecule has 1 saturated heterocycles. The zero-order valence-corrected chi connectivity index (χ0v) is 9.56. The number of urea groups is 1. The third kappa shape index (κ3) is 2.02. The van der Waals surface area contributed by atoms with Crippen molar-refractivity contribution in [3.8, 4) is 0 Å². The van der Waals surface area contributed by atoms with Gasteiger partial charge in [0.25, 0.3) is 0 Å². The topological polar surface area (TPSA) is 41.6 Å². The van der Waals surface area contributed by atoms with Crippen LogP contribution >= 0.6 is 0 Å². The maximum atomic E-state index is 11.6. The molecule has 1 N–H and O–H groups in total. The molecule has 4 heteroatoms. The molecule has 1 aromatic rings. The van der Waals surface area contributed by atoms with E-state index in [4.69, 9.17) is 4.74 Å². The van der Waals surface area contributed by atoms with Gasteiger partial charge < -0.3 is 10.1 Å². The number of rotatable bonds is 3. The molecule has 2 rings (SSSR count). The van der Waals surface area contributed by atoms with Gasteiger partial charge in [0.2, 0.25) is 0 Å². The number of hydrogen-bond acceptors (Lipinski definition) is 2. The number of amides is 2. The van der Waals surface area contributed by atoms with Crippen molar-refractivity contribution >= 4 is 11.7 Å². The maximum absolute atomic E-state index is 11.6. The van der Waals surface area contributed by atoms with Crippen LogP contribution in [0.5, 0.6) is 0 Å². The number of hydrogen-bond donors (Lipinski definition) is 1. The normalized spacial score (nSPS) is 20.0. The lowest BCUT2D eigenvalue weighted by Crippen LogP contribution is -2.32. The first-order valence-corrected chi connectivity index (χ1v) is 5.37. The average Bonchev–Trinajstić information content (AvgIpc) is 2.59. The minimum atomic E-state index is -0.0259. The van der Waals surface area contributed by atoms with Crippen LogP contribution in [0, 0.1) is 0 Å². The highest BCUT2D eigenvalue weighted by atomic mass is 16.5. The van der Waals surface area contributed by atoms with E-state index in [-0.39, 0.29) is 12.1 Å². The Bertz CT molecular complexity index is 392. The molecular weight excluding hydrogens is 204 g/mol. The van der Waals surface area contributed by atoms with Crippen molar-refractivity contribution in [2.75, 3.05) is 18.6 Å². The van der Waals surface area contributed by atoms with Gasteiger partial charge in [0, 0.05) is 19.3 Å². The number of nitrogens with one attached hydrogen (secondary N) is 1. The third-order valence-corrected chi connectivity index (χ3v) is 2.71. The number of carbonyl (C=O) groups excluding carboxylic acids is 1. The van der Waals surface area contributed by atoms with E-state index in [1.807, 2.05) is 31.2 Å². The van der Waals surface area contributed by atoms with Gasteiger partial charge in [-0.1, -0.05) is 12.1 Å². The Morgan fingerprint density at radius 3 is 3.00 bits per heavy atom. The summed E-state index contributed by atoms with van der Waals surface area (Å²) in [6.07, 6.45) is 0. The van der Waals surface area contributed by atoms with Crippen molar-refractivity contribution in [2.45, 2.75) is 19.6 Å². The molecule has 1 fully saturated rings. The second-order valence-electron chi connectivity index (χ2n) is 4.01. The van der Waals surface area contributed by atoms with E-state index in [0.29, 0.717) is 13.2 Å². The molecule has 2 amide bonds. The fraction of sp³-hybridized carbons (Fsp3) is 0.417. The fourth-order valence-electron chi connectivity index (χ4n) is 1.95. The molecular formula is C12H16N2O2. The average molecular weight is 220 g/mol. The molecule has 0 bridgehead atoms. The van der Waals surface area contributed by atoms with Gasteiger partial charge in [-0.15, -0.1) is 0 Å². The fourth-order valence-corrected chi connectivity index (χ4v) is 1.95. The number of ether oxygens (including phenoxy) is 1. The smallest absolute Gasteiger partial charge is 0.322 e. The predicted octanol–water partition coefficient (Wildman–Crippen LogP) is 1.75. The summed E-state index contributed by atoms with van der Waals surface area (Å²) >= 11 is 0. The molecule has 0 saturated carbocycles. The lowest BCUT2D eigenvalue weighted by molar-refractivity contribution is 0.185. The zero-order chi connectivity index (χ0) is 11.5. The molecule has 1 atom stereocenters. The SMILES string of the molecule is COCc1cccc(N2C(=O)NC[C@H]2C)c1. The van der Waals surface area contributed by atoms with Crippen LogP contribution in [0.3, 0.4) is 0 Å². The van der Waals surface area contributed by atoms with Crippen molar-refractivity contribution in [3.63, 3.8) is 0 Å². The molecule has 1 heterocycles. The monoisotopic (exact) mass is 220 g/mol. The molecule has 16 heavy (non-hydrogen) atoms. The van der Waals surface area contributed by atoms with Crippen molar-refractivity contribution in [3.05, 3.63) is 29.8 Å². The summed E-state index contributed by atoms with van der Waals surface area (Å²) in [5.41, 5.74) is 2.00. The van der Waals surface area contributed by atoms with Crippen molar-refractivity contribution in [2.24, 2.45) is 0 Å². The van der Waals surface area contributed by atoms with Gasteiger partial charge in [0.15, 0.2) is 0 Å². The first-order chi connectivity index (χ1) is 7.72. The molecule has 0 radical (unpaired) electrons. The predicted molar refractivity (Wildman–Crippen MR) is 62.5 cm³/mol. The van der Waals surface area contributed by atoms with E-state index in [1.54, 1.807) is 12.0 Å². The van der Waals surface area contributed by atoms with Gasteiger partial charge in [-0.25, -0.2) is 4.79 Å². The van der Waals surface area contributed by atoms with Gasteiger partial charge in [0.05, 0.1) is 12.6 Å². The first-order valence-electron chi connectivity index (χ1n) is 5.37. The van der Waals surface area contributed by atoms with Gasteiger partial charge in [-0.05, 0) is 24.6 Å². The first kappa shape index (κ1) is 11.0. The molecule has 0 aliphatic carbocycles. The minimum absolute atomic E-state index is 0.0259. The summed E-state index contributed by atoms with van der Waals surface area (Å²) < 4.78 is 5.08. The van der Waals surface area contributed by atoms with Gasteiger partial charge >= 0.3 is 6.03 Å². The van der Waals surface area contributed by atoms with Crippen LogP contribution in [0.1, 0.15) is 12.5 Å². The number of methoxy groups -OCH3 is 1. The molecule has 86 valence electrons. The van der Waals surface area contributed by atoms with Crippen LogP contribution < -0.4 is 10.2 Å². The van der Waals surface area contributed by atoms with E-state index in [0.717, 1.165) is 11.3 Å². The molecule has 4 nitrogen and oxygen atoms in total. The highest BCUT2D eigenvalue weighted by Crippen LogP contribution is 2.21. The van der Waals surface area contributed by atoms with Crippen LogP contribution in [0.4, 0.5) is 10.5 Å². The minimum Gasteiger partial charge on any atom is -0.380 e. The van der Waals surface area contributed by atoms with E-state index in [1.165, 1.54) is 0 Å². The standard InChI is InChI=1S/C12H16N2O2/c1-9-7-13-12(15)14(9)11-5-3-4-10(6-11)8-16-2/h3-6,9H,7-8H2,1-2H3,(H,13,15)/t9-/m1/s1. The maximum Gasteiger partial charge on any atom is 0.322 e. The molecule has 0 spiro atoms. The summed E-state index contributed by atoms with van der Waals surface area (Å²) in [4.78, 5) is 13.4. The largest absolute Gasteiger partial charge is 0.380 e.